The second kappa shape index (κ2) is 3.23. The van der Waals surface area contributed by atoms with Gasteiger partial charge in [-0.05, 0) is 6.08 Å². The van der Waals surface area contributed by atoms with Crippen LogP contribution in [0.2, 0.25) is 0 Å². The summed E-state index contributed by atoms with van der Waals surface area (Å²) < 4.78 is 33.4. The van der Waals surface area contributed by atoms with Crippen molar-refractivity contribution in [1.82, 2.24) is 0 Å². The van der Waals surface area contributed by atoms with E-state index in [2.05, 4.69) is 0 Å². The Morgan fingerprint density at radius 2 is 2.12 bits per heavy atom. The van der Waals surface area contributed by atoms with E-state index in [0.717, 1.165) is 0 Å². The van der Waals surface area contributed by atoms with Gasteiger partial charge in [-0.2, -0.15) is 4.39 Å². The van der Waals surface area contributed by atoms with Crippen LogP contribution in [0.5, 0.6) is 0 Å². The van der Waals surface area contributed by atoms with Crippen LogP contribution in [0.15, 0.2) is 12.4 Å². The van der Waals surface area contributed by atoms with Crippen molar-refractivity contribution in [3.63, 3.8) is 0 Å². The van der Waals surface area contributed by atoms with E-state index in [1.807, 2.05) is 0 Å². The molecule has 46 valence electrons. The van der Waals surface area contributed by atoms with E-state index in [1.165, 1.54) is 0 Å². The fourth-order valence-corrected chi connectivity index (χ4v) is 0.140. The molecule has 0 amide bonds. The average molecular weight is 124 g/mol. The first-order valence-corrected chi connectivity index (χ1v) is 1.78. The summed E-state index contributed by atoms with van der Waals surface area (Å²) in [5, 5.41) is 0. The van der Waals surface area contributed by atoms with Crippen LogP contribution in [0.3, 0.4) is 0 Å². The maximum absolute atomic E-state index is 11.5. The standard InChI is InChI=1S/C4H3F3O/c5-2-1-3(6)4(7)8/h1-3H. The number of allylic oxidation sites excluding steroid dienone is 1. The lowest BCUT2D eigenvalue weighted by Crippen LogP contribution is -2.04. The van der Waals surface area contributed by atoms with E-state index in [1.54, 1.807) is 0 Å². The molecule has 0 fully saturated rings. The lowest BCUT2D eigenvalue weighted by Gasteiger charge is -1.86. The molecule has 1 atom stereocenters. The zero-order valence-corrected chi connectivity index (χ0v) is 3.77. The molecule has 0 saturated heterocycles. The molecule has 8 heavy (non-hydrogen) atoms. The highest BCUT2D eigenvalue weighted by Gasteiger charge is 2.10. The zero-order valence-electron chi connectivity index (χ0n) is 3.77. The highest BCUT2D eigenvalue weighted by atomic mass is 19.2. The summed E-state index contributed by atoms with van der Waals surface area (Å²) >= 11 is 0. The summed E-state index contributed by atoms with van der Waals surface area (Å²) in [6, 6.07) is -2.18. The maximum atomic E-state index is 11.5. The molecule has 0 aromatic carbocycles. The van der Waals surface area contributed by atoms with Gasteiger partial charge in [0.25, 0.3) is 0 Å². The van der Waals surface area contributed by atoms with Gasteiger partial charge in [-0.3, -0.25) is 4.79 Å². The van der Waals surface area contributed by atoms with Crippen molar-refractivity contribution in [3.05, 3.63) is 12.4 Å². The average Bonchev–Trinajstić information content (AvgIpc) is 1.67. The molecule has 0 N–H and O–H groups in total. The molecular weight excluding hydrogens is 121 g/mol. The molecule has 0 aromatic rings. The smallest absolute Gasteiger partial charge is 0.257 e. The lowest BCUT2D eigenvalue weighted by molar-refractivity contribution is -0.132. The van der Waals surface area contributed by atoms with Gasteiger partial charge in [-0.1, -0.05) is 0 Å². The summed E-state index contributed by atoms with van der Waals surface area (Å²) in [6.07, 6.45) is -2.48. The van der Waals surface area contributed by atoms with Crippen LogP contribution < -0.4 is 0 Å². The Morgan fingerprint density at radius 3 is 2.25 bits per heavy atom. The van der Waals surface area contributed by atoms with Crippen molar-refractivity contribution >= 4 is 6.04 Å². The Balaban J connectivity index is 3.64. The number of carbonyl (C=O) groups is 1. The molecule has 0 rings (SSSR count). The number of hydrogen-bond donors (Lipinski definition) is 0. The number of carbonyl (C=O) groups excluding carboxylic acids is 1. The molecular formula is C4H3F3O. The van der Waals surface area contributed by atoms with E-state index >= 15 is 0 Å². The molecule has 0 aromatic heterocycles. The number of halogens is 3. The second-order valence-corrected chi connectivity index (χ2v) is 1.02. The van der Waals surface area contributed by atoms with Crippen molar-refractivity contribution in [3.8, 4) is 0 Å². The molecule has 4 heteroatoms. The predicted octanol–water partition coefficient (Wildman–Crippen LogP) is 1.30. The first-order chi connectivity index (χ1) is 3.68. The van der Waals surface area contributed by atoms with E-state index in [0.29, 0.717) is 0 Å². The van der Waals surface area contributed by atoms with Gasteiger partial charge in [0, 0.05) is 0 Å². The molecule has 1 nitrogen and oxygen atoms in total. The second-order valence-electron chi connectivity index (χ2n) is 1.02. The van der Waals surface area contributed by atoms with Crippen molar-refractivity contribution in [1.29, 1.82) is 0 Å². The molecule has 0 spiro atoms. The molecule has 0 heterocycles. The molecule has 0 aliphatic heterocycles. The van der Waals surface area contributed by atoms with E-state index in [4.69, 9.17) is 0 Å². The van der Waals surface area contributed by atoms with Gasteiger partial charge in [0.15, 0.2) is 0 Å². The predicted molar refractivity (Wildman–Crippen MR) is 21.3 cm³/mol. The van der Waals surface area contributed by atoms with Crippen LogP contribution in [0, 0.1) is 0 Å². The van der Waals surface area contributed by atoms with Crippen molar-refractivity contribution in [2.75, 3.05) is 0 Å². The third kappa shape index (κ3) is 2.39. The molecule has 1 unspecified atom stereocenters. The van der Waals surface area contributed by atoms with Gasteiger partial charge in [-0.15, -0.1) is 0 Å². The summed E-state index contributed by atoms with van der Waals surface area (Å²) in [7, 11) is 0. The van der Waals surface area contributed by atoms with Crippen LogP contribution in [-0.2, 0) is 4.79 Å². The topological polar surface area (TPSA) is 17.1 Å². The first kappa shape index (κ1) is 7.20. The van der Waals surface area contributed by atoms with Gasteiger partial charge in [0.1, 0.15) is 0 Å². The molecule has 0 bridgehead atoms. The summed E-state index contributed by atoms with van der Waals surface area (Å²) in [5.74, 6) is 0. The number of hydrogen-bond acceptors (Lipinski definition) is 1. The molecule has 0 saturated carbocycles. The van der Waals surface area contributed by atoms with E-state index in [9.17, 15) is 18.0 Å². The SMILES string of the molecule is O=C(F)C(F)C=CF. The third-order valence-corrected chi connectivity index (χ3v) is 0.459. The maximum Gasteiger partial charge on any atom is 0.339 e. The Morgan fingerprint density at radius 1 is 1.62 bits per heavy atom. The monoisotopic (exact) mass is 124 g/mol. The van der Waals surface area contributed by atoms with Crippen LogP contribution >= 0.6 is 0 Å². The Bertz CT molecular complexity index is 110. The van der Waals surface area contributed by atoms with Gasteiger partial charge < -0.3 is 0 Å². The van der Waals surface area contributed by atoms with Gasteiger partial charge in [0.05, 0.1) is 6.33 Å². The Kier molecular flexibility index (Phi) is 2.91. The largest absolute Gasteiger partial charge is 0.339 e. The van der Waals surface area contributed by atoms with Crippen molar-refractivity contribution in [2.24, 2.45) is 0 Å². The van der Waals surface area contributed by atoms with Gasteiger partial charge in [-0.25, -0.2) is 8.78 Å². The van der Waals surface area contributed by atoms with E-state index < -0.39 is 12.2 Å². The minimum absolute atomic E-state index is 0.183. The molecule has 0 aliphatic carbocycles. The normalized spacial score (nSPS) is 14.4. The molecule has 0 radical (unpaired) electrons. The van der Waals surface area contributed by atoms with Gasteiger partial charge >= 0.3 is 6.04 Å². The summed E-state index contributed by atoms with van der Waals surface area (Å²) in [4.78, 5) is 9.27. The molecule has 0 aliphatic rings. The van der Waals surface area contributed by atoms with Crippen LogP contribution in [-0.4, -0.2) is 12.2 Å². The van der Waals surface area contributed by atoms with Crippen LogP contribution in [0.4, 0.5) is 13.2 Å². The van der Waals surface area contributed by atoms with Crippen molar-refractivity contribution in [2.45, 2.75) is 6.17 Å². The van der Waals surface area contributed by atoms with Crippen LogP contribution in [0.1, 0.15) is 0 Å². The van der Waals surface area contributed by atoms with Crippen molar-refractivity contribution < 1.29 is 18.0 Å². The fourth-order valence-electron chi connectivity index (χ4n) is 0.140. The van der Waals surface area contributed by atoms with E-state index in [-0.39, 0.29) is 12.4 Å². The first-order valence-electron chi connectivity index (χ1n) is 1.78. The Labute approximate surface area is 43.8 Å². The fraction of sp³-hybridized carbons (Fsp3) is 0.250. The zero-order chi connectivity index (χ0) is 6.57. The number of alkyl halides is 1. The number of rotatable bonds is 2. The minimum atomic E-state index is -2.44. The quantitative estimate of drug-likeness (QED) is 0.507. The Hall–Kier alpha value is -0.800. The van der Waals surface area contributed by atoms with Gasteiger partial charge in [0.2, 0.25) is 6.17 Å². The minimum Gasteiger partial charge on any atom is -0.257 e. The lowest BCUT2D eigenvalue weighted by atomic mass is 10.4. The highest BCUT2D eigenvalue weighted by molar-refractivity contribution is 5.75. The summed E-state index contributed by atoms with van der Waals surface area (Å²) in [6.45, 7) is 0. The summed E-state index contributed by atoms with van der Waals surface area (Å²) in [5.41, 5.74) is 0. The van der Waals surface area contributed by atoms with Crippen LogP contribution in [0.25, 0.3) is 0 Å². The third-order valence-electron chi connectivity index (χ3n) is 0.459. The highest BCUT2D eigenvalue weighted by Crippen LogP contribution is 1.95.